The van der Waals surface area contributed by atoms with Gasteiger partial charge in [0.25, 0.3) is 0 Å². The van der Waals surface area contributed by atoms with Crippen LogP contribution in [0, 0.1) is 5.82 Å². The smallest absolute Gasteiger partial charge is 0.371 e. The van der Waals surface area contributed by atoms with Gasteiger partial charge in [0, 0.05) is 30.4 Å². The minimum absolute atomic E-state index is 0.0751. The van der Waals surface area contributed by atoms with Crippen LogP contribution in [0.15, 0.2) is 42.7 Å². The molecule has 1 aliphatic rings. The van der Waals surface area contributed by atoms with Crippen molar-refractivity contribution in [3.8, 4) is 5.69 Å². The van der Waals surface area contributed by atoms with E-state index in [2.05, 4.69) is 36.1 Å². The number of likely N-dealkylation sites (tertiary alicyclic amines) is 1. The molecule has 0 bridgehead atoms. The number of carboxylic acids is 1. The number of fused-ring (bicyclic) bond motifs is 1. The van der Waals surface area contributed by atoms with Crippen molar-refractivity contribution in [2.75, 3.05) is 18.4 Å². The molecule has 3 amide bonds. The monoisotopic (exact) mass is 609 g/mol. The first-order valence-electron chi connectivity index (χ1n) is 13.2. The fourth-order valence-electron chi connectivity index (χ4n) is 4.64. The van der Waals surface area contributed by atoms with E-state index in [1.165, 1.54) is 47.4 Å². The van der Waals surface area contributed by atoms with Crippen LogP contribution in [-0.4, -0.2) is 83.0 Å². The number of rotatable bonds is 9. The van der Waals surface area contributed by atoms with Crippen LogP contribution in [0.5, 0.6) is 0 Å². The maximum atomic E-state index is 14.9. The SMILES string of the molecule is O=C(C=Cc1c(-n2cnnn2)ccc(Cl)c1F)NC(CC(=O)N1CCCCC1)C(=O)Nc1ccc2nc(C(=O)O)[nH]c2c1. The number of carbonyl (C=O) groups is 4. The number of nitrogens with one attached hydrogen (secondary N) is 3. The van der Waals surface area contributed by atoms with Crippen molar-refractivity contribution in [1.29, 1.82) is 0 Å². The lowest BCUT2D eigenvalue weighted by Gasteiger charge is -2.28. The lowest BCUT2D eigenvalue weighted by molar-refractivity contribution is -0.135. The Hall–Kier alpha value is -5.18. The summed E-state index contributed by atoms with van der Waals surface area (Å²) in [5.41, 5.74) is 1.16. The third kappa shape index (κ3) is 6.83. The van der Waals surface area contributed by atoms with Crippen LogP contribution >= 0.6 is 11.6 Å². The van der Waals surface area contributed by atoms with E-state index in [0.717, 1.165) is 25.3 Å². The first-order chi connectivity index (χ1) is 20.7. The Balaban J connectivity index is 1.36. The first-order valence-corrected chi connectivity index (χ1v) is 13.6. The Morgan fingerprint density at radius 3 is 2.65 bits per heavy atom. The molecule has 4 N–H and O–H groups in total. The van der Waals surface area contributed by atoms with Crippen molar-refractivity contribution in [3.63, 3.8) is 0 Å². The highest BCUT2D eigenvalue weighted by atomic mass is 35.5. The summed E-state index contributed by atoms with van der Waals surface area (Å²) in [6.45, 7) is 1.11. The number of aromatic amines is 1. The summed E-state index contributed by atoms with van der Waals surface area (Å²) < 4.78 is 16.1. The van der Waals surface area contributed by atoms with E-state index in [1.54, 1.807) is 4.90 Å². The van der Waals surface area contributed by atoms with E-state index in [0.29, 0.717) is 24.1 Å². The molecule has 16 heteroatoms. The third-order valence-corrected chi connectivity index (χ3v) is 7.07. The number of anilines is 1. The lowest BCUT2D eigenvalue weighted by atomic mass is 10.1. The van der Waals surface area contributed by atoms with Gasteiger partial charge in [-0.1, -0.05) is 11.6 Å². The van der Waals surface area contributed by atoms with E-state index in [9.17, 15) is 28.7 Å². The summed E-state index contributed by atoms with van der Waals surface area (Å²) in [4.78, 5) is 58.9. The van der Waals surface area contributed by atoms with Crippen LogP contribution in [0.4, 0.5) is 10.1 Å². The fourth-order valence-corrected chi connectivity index (χ4v) is 4.80. The molecule has 5 rings (SSSR count). The van der Waals surface area contributed by atoms with Crippen molar-refractivity contribution >= 4 is 58.1 Å². The molecule has 1 aliphatic heterocycles. The van der Waals surface area contributed by atoms with E-state index < -0.39 is 29.6 Å². The van der Waals surface area contributed by atoms with Crippen LogP contribution in [0.2, 0.25) is 5.02 Å². The topological polar surface area (TPSA) is 188 Å². The van der Waals surface area contributed by atoms with Crippen LogP contribution < -0.4 is 10.6 Å². The van der Waals surface area contributed by atoms with Crippen molar-refractivity contribution < 1.29 is 28.7 Å². The number of carbonyl (C=O) groups excluding carboxylic acids is 3. The van der Waals surface area contributed by atoms with E-state index in [-0.39, 0.29) is 40.1 Å². The number of H-pyrrole nitrogens is 1. The molecule has 1 atom stereocenters. The Morgan fingerprint density at radius 1 is 1.14 bits per heavy atom. The Kier molecular flexibility index (Phi) is 8.71. The van der Waals surface area contributed by atoms with E-state index >= 15 is 0 Å². The number of amides is 3. The Bertz CT molecular complexity index is 1720. The quantitative estimate of drug-likeness (QED) is 0.207. The highest BCUT2D eigenvalue weighted by Crippen LogP contribution is 2.25. The number of benzene rings is 2. The van der Waals surface area contributed by atoms with E-state index in [4.69, 9.17) is 11.6 Å². The van der Waals surface area contributed by atoms with Gasteiger partial charge in [-0.25, -0.2) is 14.2 Å². The molecule has 1 fully saturated rings. The van der Waals surface area contributed by atoms with Crippen LogP contribution in [0.1, 0.15) is 41.9 Å². The molecule has 2 aromatic carbocycles. The average Bonchev–Trinajstić information content (AvgIpc) is 3.68. The number of nitrogens with zero attached hydrogens (tertiary/aromatic N) is 6. The molecular weight excluding hydrogens is 585 g/mol. The number of hydrogen-bond donors (Lipinski definition) is 4. The van der Waals surface area contributed by atoms with Gasteiger partial charge >= 0.3 is 5.97 Å². The number of tetrazole rings is 1. The summed E-state index contributed by atoms with van der Waals surface area (Å²) >= 11 is 5.95. The molecular formula is C27H25ClFN9O5. The molecule has 0 aliphatic carbocycles. The average molecular weight is 610 g/mol. The zero-order chi connectivity index (χ0) is 30.5. The third-order valence-electron chi connectivity index (χ3n) is 6.78. The summed E-state index contributed by atoms with van der Waals surface area (Å²) in [5, 5.41) is 25.0. The summed E-state index contributed by atoms with van der Waals surface area (Å²) in [6, 6.07) is 6.02. The van der Waals surface area contributed by atoms with Crippen molar-refractivity contribution in [2.45, 2.75) is 31.7 Å². The van der Waals surface area contributed by atoms with Crippen LogP contribution in [0.3, 0.4) is 0 Å². The standard InChI is InChI=1S/C27H25ClFN9O5/c28-17-6-8-21(38-14-30-35-36-38)16(24(17)29)5-9-22(39)32-20(13-23(40)37-10-2-1-3-11-37)26(41)31-15-4-7-18-19(12-15)34-25(33-18)27(42)43/h4-9,12,14,20H,1-3,10-11,13H2,(H,31,41)(H,32,39)(H,33,34)(H,42,43). The van der Waals surface area contributed by atoms with E-state index in [1.807, 2.05) is 0 Å². The number of carboxylic acid groups (broad SMARTS) is 1. The number of halogens is 2. The van der Waals surface area contributed by atoms with Gasteiger partial charge in [-0.15, -0.1) is 5.10 Å². The predicted octanol–water partition coefficient (Wildman–Crippen LogP) is 2.57. The molecule has 14 nitrogen and oxygen atoms in total. The Morgan fingerprint density at radius 2 is 1.93 bits per heavy atom. The van der Waals surface area contributed by atoms with Crippen molar-refractivity contribution in [2.24, 2.45) is 0 Å². The summed E-state index contributed by atoms with van der Waals surface area (Å²) in [5.74, 6) is -4.08. The van der Waals surface area contributed by atoms with Gasteiger partial charge in [0.1, 0.15) is 12.4 Å². The number of hydrogen-bond acceptors (Lipinski definition) is 8. The van der Waals surface area contributed by atoms with Crippen LogP contribution in [0.25, 0.3) is 22.8 Å². The van der Waals surface area contributed by atoms with Crippen molar-refractivity contribution in [1.82, 2.24) is 40.4 Å². The largest absolute Gasteiger partial charge is 0.475 e. The number of piperidine rings is 1. The maximum absolute atomic E-state index is 14.9. The molecule has 0 radical (unpaired) electrons. The Labute approximate surface area is 247 Å². The number of aromatic carboxylic acids is 1. The second-order valence-corrected chi connectivity index (χ2v) is 10.1. The second-order valence-electron chi connectivity index (χ2n) is 9.70. The zero-order valence-electron chi connectivity index (χ0n) is 22.5. The molecule has 4 aromatic rings. The molecule has 2 aromatic heterocycles. The van der Waals surface area contributed by atoms with Gasteiger partial charge in [-0.2, -0.15) is 4.68 Å². The lowest BCUT2D eigenvalue weighted by Crippen LogP contribution is -2.47. The van der Waals surface area contributed by atoms with Crippen molar-refractivity contribution in [3.05, 3.63) is 65.0 Å². The molecule has 0 saturated carbocycles. The fraction of sp³-hybridized carbons (Fsp3) is 0.259. The molecule has 222 valence electrons. The van der Waals surface area contributed by atoms with Gasteiger partial charge in [-0.05, 0) is 66.1 Å². The normalized spacial score (nSPS) is 14.1. The minimum Gasteiger partial charge on any atom is -0.475 e. The zero-order valence-corrected chi connectivity index (χ0v) is 23.2. The minimum atomic E-state index is -1.29. The second kappa shape index (κ2) is 12.8. The molecule has 1 unspecified atom stereocenters. The first kappa shape index (κ1) is 29.3. The molecule has 43 heavy (non-hydrogen) atoms. The molecule has 3 heterocycles. The predicted molar refractivity (Wildman–Crippen MR) is 152 cm³/mol. The highest BCUT2D eigenvalue weighted by Gasteiger charge is 2.27. The number of imidazole rings is 1. The number of aromatic nitrogens is 6. The van der Waals surface area contributed by atoms with Gasteiger partial charge in [0.15, 0.2) is 5.82 Å². The maximum Gasteiger partial charge on any atom is 0.371 e. The van der Waals surface area contributed by atoms with Gasteiger partial charge in [-0.3, -0.25) is 14.4 Å². The molecule has 1 saturated heterocycles. The summed E-state index contributed by atoms with van der Waals surface area (Å²) in [7, 11) is 0. The van der Waals surface area contributed by atoms with Gasteiger partial charge in [0.2, 0.25) is 23.5 Å². The van der Waals surface area contributed by atoms with Crippen LogP contribution in [-0.2, 0) is 14.4 Å². The summed E-state index contributed by atoms with van der Waals surface area (Å²) in [6.07, 6.45) is 5.79. The van der Waals surface area contributed by atoms with Gasteiger partial charge < -0.3 is 25.6 Å². The highest BCUT2D eigenvalue weighted by molar-refractivity contribution is 6.31. The molecule has 0 spiro atoms. The van der Waals surface area contributed by atoms with Gasteiger partial charge in [0.05, 0.1) is 28.2 Å².